The minimum atomic E-state index is -0.0437. The molecule has 0 spiro atoms. The molecule has 2 rings (SSSR count). The lowest BCUT2D eigenvalue weighted by atomic mass is 10.2. The maximum atomic E-state index is 12.1. The Morgan fingerprint density at radius 1 is 1.33 bits per heavy atom. The highest BCUT2D eigenvalue weighted by Crippen LogP contribution is 2.13. The first-order valence-electron chi connectivity index (χ1n) is 7.97. The van der Waals surface area contributed by atoms with Gasteiger partial charge in [-0.3, -0.25) is 4.79 Å². The summed E-state index contributed by atoms with van der Waals surface area (Å²) in [6.45, 7) is 2.85. The van der Waals surface area contributed by atoms with Gasteiger partial charge in [0.05, 0.1) is 17.0 Å². The van der Waals surface area contributed by atoms with Crippen molar-refractivity contribution in [3.8, 4) is 11.8 Å². The van der Waals surface area contributed by atoms with Crippen LogP contribution in [0.4, 0.5) is 0 Å². The van der Waals surface area contributed by atoms with E-state index in [1.54, 1.807) is 0 Å². The lowest BCUT2D eigenvalue weighted by Crippen LogP contribution is -2.27. The van der Waals surface area contributed by atoms with Gasteiger partial charge in [-0.2, -0.15) is 0 Å². The lowest BCUT2D eigenvalue weighted by molar-refractivity contribution is 0.0952. The van der Waals surface area contributed by atoms with Crippen LogP contribution in [0, 0.1) is 11.8 Å². The van der Waals surface area contributed by atoms with Gasteiger partial charge in [0, 0.05) is 18.5 Å². The van der Waals surface area contributed by atoms with Crippen LogP contribution in [0.3, 0.4) is 0 Å². The third kappa shape index (κ3) is 6.17. The summed E-state index contributed by atoms with van der Waals surface area (Å²) in [6.07, 6.45) is 0.916. The lowest BCUT2D eigenvalue weighted by Gasteiger charge is -2.16. The van der Waals surface area contributed by atoms with Crippen molar-refractivity contribution in [2.45, 2.75) is 13.0 Å². The molecule has 0 atom stereocenters. The Morgan fingerprint density at radius 3 is 2.88 bits per heavy atom. The molecule has 1 aromatic heterocycles. The fourth-order valence-corrected chi connectivity index (χ4v) is 3.04. The van der Waals surface area contributed by atoms with E-state index in [2.05, 4.69) is 53.4 Å². The smallest absolute Gasteiger partial charge is 0.252 e. The SMILES string of the molecule is CN(CCCNC(=O)c1csc(C#CCN)c1)Cc1ccccc1. The minimum absolute atomic E-state index is 0.0437. The Hall–Kier alpha value is -2.13. The second-order valence-electron chi connectivity index (χ2n) is 5.54. The standard InChI is InChI=1S/C19H23N3OS/c1-22(14-16-7-3-2-4-8-16)12-6-11-21-19(23)17-13-18(24-15-17)9-5-10-20/h2-4,7-8,13,15H,6,10-12,14,20H2,1H3,(H,21,23). The van der Waals surface area contributed by atoms with Gasteiger partial charge in [0.2, 0.25) is 0 Å². The molecule has 0 aliphatic carbocycles. The molecule has 2 aromatic rings. The first-order valence-corrected chi connectivity index (χ1v) is 8.85. The van der Waals surface area contributed by atoms with E-state index in [9.17, 15) is 4.79 Å². The molecule has 0 aliphatic heterocycles. The predicted octanol–water partition coefficient (Wildman–Crippen LogP) is 2.31. The third-order valence-corrected chi connectivity index (χ3v) is 4.32. The van der Waals surface area contributed by atoms with Crippen LogP contribution in [0.15, 0.2) is 41.8 Å². The first kappa shape index (κ1) is 18.2. The fourth-order valence-electron chi connectivity index (χ4n) is 2.29. The van der Waals surface area contributed by atoms with Crippen molar-refractivity contribution < 1.29 is 4.79 Å². The quantitative estimate of drug-likeness (QED) is 0.600. The summed E-state index contributed by atoms with van der Waals surface area (Å²) < 4.78 is 0. The van der Waals surface area contributed by atoms with E-state index in [1.165, 1.54) is 16.9 Å². The van der Waals surface area contributed by atoms with Gasteiger partial charge in [-0.1, -0.05) is 42.2 Å². The molecule has 3 N–H and O–H groups in total. The molecule has 1 heterocycles. The molecule has 126 valence electrons. The van der Waals surface area contributed by atoms with Crippen LogP contribution in [-0.2, 0) is 6.54 Å². The zero-order chi connectivity index (χ0) is 17.2. The summed E-state index contributed by atoms with van der Waals surface area (Å²) in [5, 5.41) is 4.79. The number of hydrogen-bond acceptors (Lipinski definition) is 4. The average Bonchev–Trinajstić information content (AvgIpc) is 3.06. The molecule has 24 heavy (non-hydrogen) atoms. The molecule has 1 amide bonds. The van der Waals surface area contributed by atoms with Crippen LogP contribution < -0.4 is 11.1 Å². The molecule has 4 nitrogen and oxygen atoms in total. The van der Waals surface area contributed by atoms with Crippen molar-refractivity contribution >= 4 is 17.2 Å². The summed E-state index contributed by atoms with van der Waals surface area (Å²) in [4.78, 5) is 15.2. The number of thiophene rings is 1. The van der Waals surface area contributed by atoms with E-state index in [-0.39, 0.29) is 5.91 Å². The summed E-state index contributed by atoms with van der Waals surface area (Å²) in [6, 6.07) is 12.2. The maximum absolute atomic E-state index is 12.1. The van der Waals surface area contributed by atoms with Crippen molar-refractivity contribution in [3.63, 3.8) is 0 Å². The van der Waals surface area contributed by atoms with E-state index in [1.807, 2.05) is 17.5 Å². The average molecular weight is 341 g/mol. The Labute approximate surface area is 147 Å². The predicted molar refractivity (Wildman–Crippen MR) is 100.0 cm³/mol. The number of carbonyl (C=O) groups excluding carboxylic acids is 1. The Kier molecular flexibility index (Phi) is 7.50. The number of hydrogen-bond donors (Lipinski definition) is 2. The highest BCUT2D eigenvalue weighted by molar-refractivity contribution is 7.10. The highest BCUT2D eigenvalue weighted by atomic mass is 32.1. The van der Waals surface area contributed by atoms with Crippen LogP contribution in [0.1, 0.15) is 27.2 Å². The summed E-state index contributed by atoms with van der Waals surface area (Å²) in [5.74, 6) is 5.69. The first-order chi connectivity index (χ1) is 11.7. The second kappa shape index (κ2) is 9.89. The molecule has 0 aliphatic rings. The van der Waals surface area contributed by atoms with Gasteiger partial charge in [0.15, 0.2) is 0 Å². The highest BCUT2D eigenvalue weighted by Gasteiger charge is 2.07. The van der Waals surface area contributed by atoms with E-state index in [0.717, 1.165) is 24.4 Å². The zero-order valence-electron chi connectivity index (χ0n) is 13.9. The number of nitrogens with one attached hydrogen (secondary N) is 1. The third-order valence-electron chi connectivity index (χ3n) is 3.47. The van der Waals surface area contributed by atoms with Crippen molar-refractivity contribution in [3.05, 3.63) is 57.8 Å². The maximum Gasteiger partial charge on any atom is 0.252 e. The topological polar surface area (TPSA) is 58.4 Å². The number of nitrogens with two attached hydrogens (primary N) is 1. The van der Waals surface area contributed by atoms with Crippen LogP contribution in [0.5, 0.6) is 0 Å². The Balaban J connectivity index is 1.68. The summed E-state index contributed by atoms with van der Waals surface area (Å²) in [7, 11) is 2.09. The largest absolute Gasteiger partial charge is 0.352 e. The van der Waals surface area contributed by atoms with E-state index in [4.69, 9.17) is 5.73 Å². The zero-order valence-corrected chi connectivity index (χ0v) is 14.7. The fraction of sp³-hybridized carbons (Fsp3) is 0.316. The van der Waals surface area contributed by atoms with Crippen LogP contribution in [-0.4, -0.2) is 37.5 Å². The molecule has 0 unspecified atom stereocenters. The number of carbonyl (C=O) groups is 1. The van der Waals surface area contributed by atoms with E-state index >= 15 is 0 Å². The van der Waals surface area contributed by atoms with Crippen LogP contribution >= 0.6 is 11.3 Å². The number of benzene rings is 1. The second-order valence-corrected chi connectivity index (χ2v) is 6.45. The monoisotopic (exact) mass is 341 g/mol. The van der Waals surface area contributed by atoms with Gasteiger partial charge in [-0.15, -0.1) is 11.3 Å². The van der Waals surface area contributed by atoms with Crippen molar-refractivity contribution in [2.24, 2.45) is 5.73 Å². The minimum Gasteiger partial charge on any atom is -0.352 e. The van der Waals surface area contributed by atoms with Crippen molar-refractivity contribution in [1.29, 1.82) is 0 Å². The van der Waals surface area contributed by atoms with Crippen LogP contribution in [0.25, 0.3) is 0 Å². The Bertz CT molecular complexity index is 700. The van der Waals surface area contributed by atoms with Gasteiger partial charge in [0.1, 0.15) is 0 Å². The van der Waals surface area contributed by atoms with Gasteiger partial charge in [-0.05, 0) is 31.6 Å². The van der Waals surface area contributed by atoms with Gasteiger partial charge < -0.3 is 16.0 Å². The molecular weight excluding hydrogens is 318 g/mol. The normalized spacial score (nSPS) is 10.3. The molecule has 0 saturated carbocycles. The number of amides is 1. The summed E-state index contributed by atoms with van der Waals surface area (Å²) >= 11 is 1.46. The molecule has 0 saturated heterocycles. The molecule has 5 heteroatoms. The number of nitrogens with zero attached hydrogens (tertiary/aromatic N) is 1. The van der Waals surface area contributed by atoms with Gasteiger partial charge in [-0.25, -0.2) is 0 Å². The van der Waals surface area contributed by atoms with E-state index in [0.29, 0.717) is 18.7 Å². The number of rotatable bonds is 7. The van der Waals surface area contributed by atoms with Crippen molar-refractivity contribution in [1.82, 2.24) is 10.2 Å². The summed E-state index contributed by atoms with van der Waals surface area (Å²) in [5.41, 5.74) is 7.31. The van der Waals surface area contributed by atoms with Gasteiger partial charge >= 0.3 is 0 Å². The molecule has 0 fully saturated rings. The van der Waals surface area contributed by atoms with E-state index < -0.39 is 0 Å². The van der Waals surface area contributed by atoms with Crippen molar-refractivity contribution in [2.75, 3.05) is 26.7 Å². The Morgan fingerprint density at radius 2 is 2.12 bits per heavy atom. The molecule has 0 bridgehead atoms. The van der Waals surface area contributed by atoms with Crippen LogP contribution in [0.2, 0.25) is 0 Å². The van der Waals surface area contributed by atoms with Gasteiger partial charge in [0.25, 0.3) is 5.91 Å². The molecule has 0 radical (unpaired) electrons. The molecule has 1 aromatic carbocycles. The molecular formula is C19H23N3OS.